The molecule has 1 unspecified atom stereocenters. The Morgan fingerprint density at radius 3 is 1.26 bits per heavy atom. The van der Waals surface area contributed by atoms with E-state index in [0.29, 0.717) is 12.8 Å². The summed E-state index contributed by atoms with van der Waals surface area (Å²) in [5, 5.41) is 0. The van der Waals surface area contributed by atoms with Crippen LogP contribution in [-0.2, 0) is 28.6 Å². The predicted octanol–water partition coefficient (Wildman–Crippen LogP) is 16.6. The minimum absolute atomic E-state index is 0.106. The van der Waals surface area contributed by atoms with Crippen molar-refractivity contribution < 1.29 is 28.6 Å². The number of rotatable bonds is 45. The zero-order valence-corrected chi connectivity index (χ0v) is 39.9. The van der Waals surface area contributed by atoms with Crippen molar-refractivity contribution in [1.82, 2.24) is 0 Å². The molecule has 0 N–H and O–H groups in total. The molecule has 0 aromatic heterocycles. The van der Waals surface area contributed by atoms with Gasteiger partial charge < -0.3 is 14.2 Å². The summed E-state index contributed by atoms with van der Waals surface area (Å²) in [6.45, 7) is 6.38. The summed E-state index contributed by atoms with van der Waals surface area (Å²) in [5.41, 5.74) is 0. The van der Waals surface area contributed by atoms with Gasteiger partial charge in [-0.25, -0.2) is 0 Å². The molecule has 0 aromatic rings. The van der Waals surface area contributed by atoms with Crippen molar-refractivity contribution in [3.8, 4) is 0 Å². The zero-order valence-electron chi connectivity index (χ0n) is 39.9. The molecule has 0 saturated carbocycles. The number of hydrogen-bond acceptors (Lipinski definition) is 6. The monoisotopic (exact) mass is 851 g/mol. The lowest BCUT2D eigenvalue weighted by Crippen LogP contribution is -2.30. The molecular weight excluding hydrogens is 757 g/mol. The van der Waals surface area contributed by atoms with Crippen molar-refractivity contribution in [2.45, 2.75) is 245 Å². The van der Waals surface area contributed by atoms with Crippen LogP contribution in [0.25, 0.3) is 0 Å². The van der Waals surface area contributed by atoms with Gasteiger partial charge in [0.05, 0.1) is 6.42 Å². The summed E-state index contributed by atoms with van der Waals surface area (Å²) in [5.74, 6) is -1.04. The van der Waals surface area contributed by atoms with E-state index >= 15 is 0 Å². The molecule has 0 amide bonds. The number of carbonyl (C=O) groups excluding carboxylic acids is 3. The summed E-state index contributed by atoms with van der Waals surface area (Å²) in [7, 11) is 0. The highest BCUT2D eigenvalue weighted by molar-refractivity contribution is 5.72. The van der Waals surface area contributed by atoms with Crippen LogP contribution in [0.4, 0.5) is 0 Å². The van der Waals surface area contributed by atoms with E-state index in [1.54, 1.807) is 6.08 Å². The number of unbranched alkanes of at least 4 members (excludes halogenated alkanes) is 24. The standard InChI is InChI=1S/C55H94O6/c1-4-7-10-13-16-19-21-23-25-26-27-28-30-31-33-36-39-42-45-48-54(57)60-51-52(50-59-53(56)47-44-41-38-35-18-15-12-9-6-3)61-55(58)49-46-43-40-37-34-32-29-24-22-20-17-14-11-8-5-2/h9,12,16,18-23,35,41,44,52H,4-8,10-11,13-15,17,24-34,36-40,42-43,45-51H2,1-3H3/b12-9-,19-16-,22-20-,23-21-,35-18-,44-41-. The molecule has 0 heterocycles. The van der Waals surface area contributed by atoms with Crippen LogP contribution in [-0.4, -0.2) is 37.2 Å². The van der Waals surface area contributed by atoms with Gasteiger partial charge in [-0.3, -0.25) is 14.4 Å². The lowest BCUT2D eigenvalue weighted by atomic mass is 10.1. The molecule has 0 aliphatic heterocycles. The number of esters is 3. The van der Waals surface area contributed by atoms with Crippen LogP contribution >= 0.6 is 0 Å². The smallest absolute Gasteiger partial charge is 0.309 e. The van der Waals surface area contributed by atoms with E-state index in [1.165, 1.54) is 141 Å². The number of allylic oxidation sites excluding steroid dienone is 11. The maximum absolute atomic E-state index is 12.8. The number of hydrogen-bond donors (Lipinski definition) is 0. The van der Waals surface area contributed by atoms with Crippen LogP contribution in [0.3, 0.4) is 0 Å². The van der Waals surface area contributed by atoms with E-state index in [4.69, 9.17) is 14.2 Å². The van der Waals surface area contributed by atoms with Gasteiger partial charge in [0.1, 0.15) is 13.2 Å². The highest BCUT2D eigenvalue weighted by atomic mass is 16.6. The second-order valence-corrected chi connectivity index (χ2v) is 16.7. The van der Waals surface area contributed by atoms with Crippen molar-refractivity contribution in [3.05, 3.63) is 72.9 Å². The average Bonchev–Trinajstić information content (AvgIpc) is 3.26. The normalized spacial score (nSPS) is 12.6. The first-order valence-corrected chi connectivity index (χ1v) is 25.5. The molecule has 61 heavy (non-hydrogen) atoms. The van der Waals surface area contributed by atoms with Crippen molar-refractivity contribution in [3.63, 3.8) is 0 Å². The second kappa shape index (κ2) is 49.5. The van der Waals surface area contributed by atoms with Crippen LogP contribution in [0.2, 0.25) is 0 Å². The minimum atomic E-state index is -0.812. The summed E-state index contributed by atoms with van der Waals surface area (Å²) in [6.07, 6.45) is 62.1. The van der Waals surface area contributed by atoms with Gasteiger partial charge in [0.25, 0.3) is 0 Å². The molecule has 6 heteroatoms. The molecular formula is C55H94O6. The van der Waals surface area contributed by atoms with Crippen molar-refractivity contribution in [1.29, 1.82) is 0 Å². The van der Waals surface area contributed by atoms with E-state index in [2.05, 4.69) is 81.5 Å². The van der Waals surface area contributed by atoms with Gasteiger partial charge in [-0.2, -0.15) is 0 Å². The first kappa shape index (κ1) is 57.9. The van der Waals surface area contributed by atoms with E-state index in [-0.39, 0.29) is 31.6 Å². The number of carbonyl (C=O) groups is 3. The Labute approximate surface area is 376 Å². The SMILES string of the molecule is CC/C=C\C/C=C\C/C=C\CC(=O)OCC(COC(=O)CCCCCCCCCCCC/C=C\C=C/CCCCC)OC(=O)CCCCCCCCC/C=C\CCCCCC. The van der Waals surface area contributed by atoms with Crippen molar-refractivity contribution in [2.24, 2.45) is 0 Å². The Hall–Kier alpha value is -3.15. The van der Waals surface area contributed by atoms with E-state index in [9.17, 15) is 14.4 Å². The summed E-state index contributed by atoms with van der Waals surface area (Å²) in [4.78, 5) is 37.8. The van der Waals surface area contributed by atoms with Gasteiger partial charge in [0.2, 0.25) is 0 Å². The molecule has 0 radical (unpaired) electrons. The van der Waals surface area contributed by atoms with Gasteiger partial charge in [-0.15, -0.1) is 0 Å². The summed E-state index contributed by atoms with van der Waals surface area (Å²) in [6, 6.07) is 0. The van der Waals surface area contributed by atoms with Gasteiger partial charge in [-0.05, 0) is 83.5 Å². The van der Waals surface area contributed by atoms with Gasteiger partial charge in [-0.1, -0.05) is 209 Å². The Balaban J connectivity index is 4.35. The third-order valence-corrected chi connectivity index (χ3v) is 10.7. The fourth-order valence-electron chi connectivity index (χ4n) is 6.90. The zero-order chi connectivity index (χ0) is 44.4. The molecule has 350 valence electrons. The van der Waals surface area contributed by atoms with Gasteiger partial charge in [0.15, 0.2) is 6.10 Å². The molecule has 1 atom stereocenters. The Morgan fingerprint density at radius 1 is 0.377 bits per heavy atom. The first-order valence-electron chi connectivity index (χ1n) is 25.5. The van der Waals surface area contributed by atoms with Gasteiger partial charge >= 0.3 is 17.9 Å². The molecule has 0 spiro atoms. The maximum Gasteiger partial charge on any atom is 0.309 e. The Kier molecular flexibility index (Phi) is 46.9. The fourth-order valence-corrected chi connectivity index (χ4v) is 6.90. The molecule has 6 nitrogen and oxygen atoms in total. The molecule has 0 aromatic carbocycles. The Bertz CT molecular complexity index is 1160. The molecule has 0 saturated heterocycles. The van der Waals surface area contributed by atoms with Crippen LogP contribution < -0.4 is 0 Å². The number of ether oxygens (including phenoxy) is 3. The third-order valence-electron chi connectivity index (χ3n) is 10.7. The average molecular weight is 851 g/mol. The van der Waals surface area contributed by atoms with Gasteiger partial charge in [0, 0.05) is 12.8 Å². The van der Waals surface area contributed by atoms with Crippen LogP contribution in [0.5, 0.6) is 0 Å². The lowest BCUT2D eigenvalue weighted by molar-refractivity contribution is -0.166. The Morgan fingerprint density at radius 2 is 0.754 bits per heavy atom. The molecule has 0 bridgehead atoms. The predicted molar refractivity (Wildman–Crippen MR) is 261 cm³/mol. The third kappa shape index (κ3) is 47.7. The topological polar surface area (TPSA) is 78.9 Å². The van der Waals surface area contributed by atoms with E-state index < -0.39 is 12.1 Å². The van der Waals surface area contributed by atoms with Crippen molar-refractivity contribution >= 4 is 17.9 Å². The van der Waals surface area contributed by atoms with E-state index in [0.717, 1.165) is 57.8 Å². The quantitative estimate of drug-likeness (QED) is 0.0200. The summed E-state index contributed by atoms with van der Waals surface area (Å²) >= 11 is 0. The van der Waals surface area contributed by atoms with Crippen LogP contribution in [0.15, 0.2) is 72.9 Å². The van der Waals surface area contributed by atoms with Crippen molar-refractivity contribution in [2.75, 3.05) is 13.2 Å². The minimum Gasteiger partial charge on any atom is -0.462 e. The molecule has 0 aliphatic rings. The first-order chi connectivity index (χ1) is 30.0. The molecule has 0 aliphatic carbocycles. The molecule has 0 fully saturated rings. The largest absolute Gasteiger partial charge is 0.462 e. The lowest BCUT2D eigenvalue weighted by Gasteiger charge is -2.18. The second-order valence-electron chi connectivity index (χ2n) is 16.7. The summed E-state index contributed by atoms with van der Waals surface area (Å²) < 4.78 is 16.6. The maximum atomic E-state index is 12.8. The fraction of sp³-hybridized carbons (Fsp3) is 0.727. The van der Waals surface area contributed by atoms with Crippen LogP contribution in [0, 0.1) is 0 Å². The van der Waals surface area contributed by atoms with E-state index in [1.807, 2.05) is 6.08 Å². The highest BCUT2D eigenvalue weighted by Crippen LogP contribution is 2.14. The van der Waals surface area contributed by atoms with Crippen LogP contribution in [0.1, 0.15) is 239 Å². The highest BCUT2D eigenvalue weighted by Gasteiger charge is 2.19. The molecule has 0 rings (SSSR count).